The molecule has 0 saturated heterocycles. The smallest absolute Gasteiger partial charge is 0.416 e. The zero-order valence-corrected chi connectivity index (χ0v) is 18.5. The molecule has 0 spiro atoms. The Morgan fingerprint density at radius 2 is 1.70 bits per heavy atom. The highest BCUT2D eigenvalue weighted by Crippen LogP contribution is 2.36. The van der Waals surface area contributed by atoms with Gasteiger partial charge in [-0.05, 0) is 66.2 Å². The number of rotatable bonds is 5. The topological polar surface area (TPSA) is 80.0 Å². The fourth-order valence-corrected chi connectivity index (χ4v) is 3.91. The van der Waals surface area contributed by atoms with Crippen molar-refractivity contribution in [1.29, 1.82) is 0 Å². The fourth-order valence-electron chi connectivity index (χ4n) is 3.44. The first-order valence-electron chi connectivity index (χ1n) is 9.68. The van der Waals surface area contributed by atoms with Crippen molar-refractivity contribution in [3.05, 3.63) is 88.9 Å². The van der Waals surface area contributed by atoms with E-state index in [9.17, 15) is 17.4 Å². The number of nitrogens with one attached hydrogen (secondary N) is 1. The molecule has 2 unspecified atom stereocenters. The summed E-state index contributed by atoms with van der Waals surface area (Å²) in [5, 5.41) is 5.96. The van der Waals surface area contributed by atoms with Crippen LogP contribution in [0.15, 0.2) is 77.8 Å². The summed E-state index contributed by atoms with van der Waals surface area (Å²) >= 11 is 3.97. The lowest BCUT2D eigenvalue weighted by Gasteiger charge is -2.28. The van der Waals surface area contributed by atoms with Crippen molar-refractivity contribution in [2.45, 2.75) is 12.2 Å². The van der Waals surface area contributed by atoms with Gasteiger partial charge in [-0.15, -0.1) is 0 Å². The lowest BCUT2D eigenvalue weighted by molar-refractivity contribution is -0.137. The Morgan fingerprint density at radius 1 is 1.06 bits per heavy atom. The first-order valence-corrected chi connectivity index (χ1v) is 11.3. The first kappa shape index (κ1) is 23.1. The zero-order valence-electron chi connectivity index (χ0n) is 16.9. The second-order valence-corrected chi connectivity index (χ2v) is 8.36. The summed E-state index contributed by atoms with van der Waals surface area (Å²) in [4.78, 5) is 5.97. The third kappa shape index (κ3) is 5.47. The van der Waals surface area contributed by atoms with E-state index in [1.165, 1.54) is 6.07 Å². The molecule has 3 N–H and O–H groups in total. The van der Waals surface area contributed by atoms with Gasteiger partial charge in [0.2, 0.25) is 5.96 Å². The molecule has 3 aromatic rings. The zero-order chi connectivity index (χ0) is 23.6. The van der Waals surface area contributed by atoms with Crippen molar-refractivity contribution in [2.24, 2.45) is 10.1 Å². The number of hydrogen-bond acceptors (Lipinski definition) is 4. The second-order valence-electron chi connectivity index (χ2n) is 7.12. The monoisotopic (exact) mass is 494 g/mol. The van der Waals surface area contributed by atoms with E-state index >= 15 is 0 Å². The first-order chi connectivity index (χ1) is 15.7. The summed E-state index contributed by atoms with van der Waals surface area (Å²) in [6, 6.07) is 18.3. The molecule has 1 aliphatic heterocycles. The van der Waals surface area contributed by atoms with E-state index in [0.29, 0.717) is 27.8 Å². The summed E-state index contributed by atoms with van der Waals surface area (Å²) < 4.78 is 59.6. The summed E-state index contributed by atoms with van der Waals surface area (Å²) in [7, 11) is 0. The number of halogens is 4. The molecule has 0 aromatic heterocycles. The number of benzene rings is 3. The van der Waals surface area contributed by atoms with Gasteiger partial charge >= 0.3 is 6.18 Å². The van der Waals surface area contributed by atoms with Gasteiger partial charge in [0.1, 0.15) is 11.5 Å². The van der Waals surface area contributed by atoms with Crippen LogP contribution in [0.5, 0.6) is 11.5 Å². The highest BCUT2D eigenvalue weighted by molar-refractivity contribution is 7.81. The molecule has 3 aromatic carbocycles. The number of hydrogen-bond donors (Lipinski definition) is 2. The molecule has 6 nitrogen and oxygen atoms in total. The van der Waals surface area contributed by atoms with Gasteiger partial charge in [0.05, 0.1) is 18.2 Å². The van der Waals surface area contributed by atoms with Crippen molar-refractivity contribution >= 4 is 34.4 Å². The third-order valence-corrected chi connectivity index (χ3v) is 5.54. The van der Waals surface area contributed by atoms with Crippen LogP contribution in [-0.4, -0.2) is 16.7 Å². The van der Waals surface area contributed by atoms with Gasteiger partial charge in [-0.25, -0.2) is 14.3 Å². The van der Waals surface area contributed by atoms with Crippen molar-refractivity contribution in [3.63, 3.8) is 0 Å². The molecule has 172 valence electrons. The molecular formula is C22H18ClF3N4O2S. The van der Waals surface area contributed by atoms with Gasteiger partial charge in [-0.2, -0.15) is 13.2 Å². The number of alkyl halides is 3. The molecule has 33 heavy (non-hydrogen) atoms. The Kier molecular flexibility index (Phi) is 6.59. The van der Waals surface area contributed by atoms with Gasteiger partial charge in [-0.1, -0.05) is 23.7 Å². The molecule has 0 fully saturated rings. The predicted octanol–water partition coefficient (Wildman–Crippen LogP) is 5.20. The standard InChI is InChI=1S/C22H18ClF3N4O2S/c23-16-4-8-18(9-5-16)32-19-10-6-17(7-11-19)30-20(13-28-21(30)29-33(27)31)14-2-1-3-15(12-14)22(24,25)26/h1-12,20H,13,27H2,(H,28,29). The number of guanidine groups is 1. The maximum absolute atomic E-state index is 13.2. The summed E-state index contributed by atoms with van der Waals surface area (Å²) in [6.45, 7) is 0.157. The number of aliphatic imine (C=N–C) groups is 1. The number of ether oxygens (including phenoxy) is 1. The van der Waals surface area contributed by atoms with Crippen molar-refractivity contribution in [1.82, 2.24) is 4.72 Å². The molecule has 0 amide bonds. The molecule has 1 aliphatic rings. The van der Waals surface area contributed by atoms with Gasteiger partial charge in [0.15, 0.2) is 11.2 Å². The van der Waals surface area contributed by atoms with Crippen LogP contribution in [0.2, 0.25) is 5.02 Å². The highest BCUT2D eigenvalue weighted by atomic mass is 35.5. The van der Waals surface area contributed by atoms with Crippen LogP contribution in [0, 0.1) is 0 Å². The van der Waals surface area contributed by atoms with Gasteiger partial charge in [0.25, 0.3) is 0 Å². The lowest BCUT2D eigenvalue weighted by atomic mass is 10.0. The normalized spacial score (nSPS) is 16.9. The van der Waals surface area contributed by atoms with Crippen LogP contribution in [0.25, 0.3) is 0 Å². The minimum Gasteiger partial charge on any atom is -0.457 e. The molecule has 2 atom stereocenters. The van der Waals surface area contributed by atoms with E-state index in [0.717, 1.165) is 12.1 Å². The van der Waals surface area contributed by atoms with E-state index < -0.39 is 29.0 Å². The number of nitrogens with zero attached hydrogens (tertiary/aromatic N) is 2. The Balaban J connectivity index is 1.63. The van der Waals surface area contributed by atoms with Crippen LogP contribution < -0.4 is 19.5 Å². The molecule has 1 heterocycles. The molecule has 11 heteroatoms. The average Bonchev–Trinajstić information content (AvgIpc) is 3.18. The van der Waals surface area contributed by atoms with Crippen LogP contribution in [0.3, 0.4) is 0 Å². The maximum Gasteiger partial charge on any atom is 0.416 e. The van der Waals surface area contributed by atoms with Crippen LogP contribution in [-0.2, 0) is 17.3 Å². The van der Waals surface area contributed by atoms with Crippen molar-refractivity contribution < 1.29 is 22.1 Å². The van der Waals surface area contributed by atoms with Crippen LogP contribution >= 0.6 is 11.6 Å². The SMILES string of the molecule is NS(=O)NC1=NCC(c2cccc(C(F)(F)F)c2)N1c1ccc(Oc2ccc(Cl)cc2)cc1. The van der Waals surface area contributed by atoms with E-state index in [-0.39, 0.29) is 12.5 Å². The maximum atomic E-state index is 13.2. The molecule has 0 aliphatic carbocycles. The van der Waals surface area contributed by atoms with Crippen LogP contribution in [0.4, 0.5) is 18.9 Å². The van der Waals surface area contributed by atoms with E-state index in [1.807, 2.05) is 0 Å². The number of anilines is 1. The van der Waals surface area contributed by atoms with Gasteiger partial charge in [0, 0.05) is 10.7 Å². The highest BCUT2D eigenvalue weighted by Gasteiger charge is 2.34. The Hall–Kier alpha value is -3.08. The molecule has 4 rings (SSSR count). The summed E-state index contributed by atoms with van der Waals surface area (Å²) in [5.41, 5.74) is 0.264. The molecule has 0 bridgehead atoms. The van der Waals surface area contributed by atoms with E-state index in [2.05, 4.69) is 9.71 Å². The average molecular weight is 495 g/mol. The van der Waals surface area contributed by atoms with E-state index in [1.54, 1.807) is 59.5 Å². The second kappa shape index (κ2) is 9.42. The third-order valence-electron chi connectivity index (χ3n) is 4.91. The largest absolute Gasteiger partial charge is 0.457 e. The minimum atomic E-state index is -4.47. The summed E-state index contributed by atoms with van der Waals surface area (Å²) in [6.07, 6.45) is -4.47. The Labute approximate surface area is 195 Å². The number of nitrogens with two attached hydrogens (primary N) is 1. The molecular weight excluding hydrogens is 477 g/mol. The predicted molar refractivity (Wildman–Crippen MR) is 122 cm³/mol. The van der Waals surface area contributed by atoms with Crippen LogP contribution in [0.1, 0.15) is 17.2 Å². The molecule has 0 saturated carbocycles. The fraction of sp³-hybridized carbons (Fsp3) is 0.136. The Bertz CT molecular complexity index is 1190. The quantitative estimate of drug-likeness (QED) is 0.512. The van der Waals surface area contributed by atoms with Gasteiger partial charge < -0.3 is 9.64 Å². The summed E-state index contributed by atoms with van der Waals surface area (Å²) in [5.74, 6) is 1.34. The van der Waals surface area contributed by atoms with Crippen molar-refractivity contribution in [2.75, 3.05) is 11.4 Å². The molecule has 0 radical (unpaired) electrons. The van der Waals surface area contributed by atoms with Crippen molar-refractivity contribution in [3.8, 4) is 11.5 Å². The lowest BCUT2D eigenvalue weighted by Crippen LogP contribution is -2.42. The Morgan fingerprint density at radius 3 is 2.30 bits per heavy atom. The van der Waals surface area contributed by atoms with E-state index in [4.69, 9.17) is 21.5 Å². The minimum absolute atomic E-state index is 0.157. The van der Waals surface area contributed by atoms with Gasteiger partial charge in [-0.3, -0.25) is 4.72 Å².